The highest BCUT2D eigenvalue weighted by Crippen LogP contribution is 2.26. The van der Waals surface area contributed by atoms with Crippen LogP contribution in [0.2, 0.25) is 0 Å². The lowest BCUT2D eigenvalue weighted by Gasteiger charge is -2.33. The van der Waals surface area contributed by atoms with Crippen LogP contribution < -0.4 is 5.32 Å². The van der Waals surface area contributed by atoms with Gasteiger partial charge in [0, 0.05) is 39.1 Å². The fourth-order valence-corrected chi connectivity index (χ4v) is 3.69. The van der Waals surface area contributed by atoms with Crippen LogP contribution in [-0.2, 0) is 9.59 Å². The Bertz CT molecular complexity index is 509. The maximum Gasteiger partial charge on any atom is 0.317 e. The number of hydrogen-bond donors (Lipinski definition) is 2. The van der Waals surface area contributed by atoms with E-state index < -0.39 is 11.9 Å². The highest BCUT2D eigenvalue weighted by atomic mass is 16.4. The molecule has 3 amide bonds. The van der Waals surface area contributed by atoms with Gasteiger partial charge in [-0.15, -0.1) is 0 Å². The Morgan fingerprint density at radius 2 is 1.88 bits per heavy atom. The summed E-state index contributed by atoms with van der Waals surface area (Å²) < 4.78 is 0. The third-order valence-corrected chi connectivity index (χ3v) is 5.21. The van der Waals surface area contributed by atoms with Crippen LogP contribution in [0.5, 0.6) is 0 Å². The number of likely N-dealkylation sites (tertiary alicyclic amines) is 2. The van der Waals surface area contributed by atoms with Crippen molar-refractivity contribution in [2.24, 2.45) is 23.7 Å². The quantitative estimate of drug-likeness (QED) is 0.786. The van der Waals surface area contributed by atoms with Crippen LogP contribution in [0.4, 0.5) is 4.79 Å². The number of carbonyl (C=O) groups is 3. The van der Waals surface area contributed by atoms with Crippen LogP contribution in [-0.4, -0.2) is 65.5 Å². The van der Waals surface area contributed by atoms with E-state index in [2.05, 4.69) is 19.2 Å². The van der Waals surface area contributed by atoms with Crippen LogP contribution in [0, 0.1) is 23.7 Å². The molecule has 2 saturated heterocycles. The van der Waals surface area contributed by atoms with Crippen molar-refractivity contribution < 1.29 is 19.5 Å². The number of rotatable bonds is 5. The van der Waals surface area contributed by atoms with Crippen molar-refractivity contribution in [3.05, 3.63) is 0 Å². The van der Waals surface area contributed by atoms with Crippen LogP contribution in [0.15, 0.2) is 0 Å². The first-order chi connectivity index (χ1) is 11.8. The van der Waals surface area contributed by atoms with E-state index in [4.69, 9.17) is 0 Å². The highest BCUT2D eigenvalue weighted by molar-refractivity contribution is 5.79. The molecule has 0 aromatic heterocycles. The van der Waals surface area contributed by atoms with E-state index in [1.807, 2.05) is 6.92 Å². The average Bonchev–Trinajstić information content (AvgIpc) is 2.95. The predicted octanol–water partition coefficient (Wildman–Crippen LogP) is 1.63. The van der Waals surface area contributed by atoms with Gasteiger partial charge >= 0.3 is 12.0 Å². The van der Waals surface area contributed by atoms with Crippen LogP contribution >= 0.6 is 0 Å². The van der Waals surface area contributed by atoms with Gasteiger partial charge in [0.1, 0.15) is 0 Å². The monoisotopic (exact) mass is 353 g/mol. The van der Waals surface area contributed by atoms with E-state index in [1.165, 1.54) is 0 Å². The number of aliphatic carboxylic acids is 1. The molecule has 0 radical (unpaired) electrons. The molecule has 2 fully saturated rings. The lowest BCUT2D eigenvalue weighted by molar-refractivity contribution is -0.142. The molecular formula is C18H31N3O4. The molecule has 2 N–H and O–H groups in total. The zero-order chi connectivity index (χ0) is 18.6. The van der Waals surface area contributed by atoms with Gasteiger partial charge in [0.2, 0.25) is 5.91 Å². The molecule has 0 aromatic carbocycles. The summed E-state index contributed by atoms with van der Waals surface area (Å²) in [4.78, 5) is 39.4. The first-order valence-electron chi connectivity index (χ1n) is 9.31. The third kappa shape index (κ3) is 5.34. The molecular weight excluding hydrogens is 322 g/mol. The number of carboxylic acids is 1. The van der Waals surface area contributed by atoms with Crippen molar-refractivity contribution in [3.8, 4) is 0 Å². The lowest BCUT2D eigenvalue weighted by atomic mass is 9.94. The highest BCUT2D eigenvalue weighted by Gasteiger charge is 2.37. The molecule has 0 aromatic rings. The SMILES string of the molecule is CC(C)CNC(=O)N1CCCC(CC(=O)N2C[C@@H](C)[C@H](C(=O)O)C2)C1. The lowest BCUT2D eigenvalue weighted by Crippen LogP contribution is -2.47. The van der Waals surface area contributed by atoms with Crippen molar-refractivity contribution in [2.75, 3.05) is 32.7 Å². The molecule has 0 saturated carbocycles. The molecule has 0 aliphatic carbocycles. The Morgan fingerprint density at radius 1 is 1.16 bits per heavy atom. The average molecular weight is 353 g/mol. The van der Waals surface area contributed by atoms with E-state index in [9.17, 15) is 19.5 Å². The fraction of sp³-hybridized carbons (Fsp3) is 0.833. The summed E-state index contributed by atoms with van der Waals surface area (Å²) in [5, 5.41) is 12.1. The number of urea groups is 1. The number of carboxylic acid groups (broad SMARTS) is 1. The Labute approximate surface area is 149 Å². The number of nitrogens with one attached hydrogen (secondary N) is 1. The van der Waals surface area contributed by atoms with Gasteiger partial charge in [-0.05, 0) is 30.6 Å². The molecule has 1 unspecified atom stereocenters. The second-order valence-electron chi connectivity index (χ2n) is 7.96. The third-order valence-electron chi connectivity index (χ3n) is 5.21. The molecule has 7 nitrogen and oxygen atoms in total. The van der Waals surface area contributed by atoms with Gasteiger partial charge in [0.05, 0.1) is 5.92 Å². The Kier molecular flexibility index (Phi) is 6.67. The maximum atomic E-state index is 12.5. The van der Waals surface area contributed by atoms with Crippen LogP contribution in [0.1, 0.15) is 40.0 Å². The second-order valence-corrected chi connectivity index (χ2v) is 7.96. The van der Waals surface area contributed by atoms with Gasteiger partial charge in [-0.2, -0.15) is 0 Å². The molecule has 2 aliphatic heterocycles. The van der Waals surface area contributed by atoms with Gasteiger partial charge in [-0.25, -0.2) is 4.79 Å². The van der Waals surface area contributed by atoms with E-state index in [-0.39, 0.29) is 23.8 Å². The Hall–Kier alpha value is -1.79. The number of amides is 3. The van der Waals surface area contributed by atoms with Crippen LogP contribution in [0.3, 0.4) is 0 Å². The molecule has 2 heterocycles. The smallest absolute Gasteiger partial charge is 0.317 e. The first kappa shape index (κ1) is 19.5. The van der Waals surface area contributed by atoms with Gasteiger partial charge < -0.3 is 20.2 Å². The van der Waals surface area contributed by atoms with Crippen molar-refractivity contribution in [2.45, 2.75) is 40.0 Å². The largest absolute Gasteiger partial charge is 0.481 e. The zero-order valence-electron chi connectivity index (χ0n) is 15.5. The van der Waals surface area contributed by atoms with Crippen molar-refractivity contribution in [1.29, 1.82) is 0 Å². The number of nitrogens with zero attached hydrogens (tertiary/aromatic N) is 2. The minimum absolute atomic E-state index is 0.00823. The minimum Gasteiger partial charge on any atom is -0.481 e. The van der Waals surface area contributed by atoms with Gasteiger partial charge in [-0.1, -0.05) is 20.8 Å². The number of hydrogen-bond acceptors (Lipinski definition) is 3. The minimum atomic E-state index is -0.825. The molecule has 7 heteroatoms. The van der Waals surface area contributed by atoms with E-state index >= 15 is 0 Å². The predicted molar refractivity (Wildman–Crippen MR) is 94.0 cm³/mol. The molecule has 25 heavy (non-hydrogen) atoms. The van der Waals surface area contributed by atoms with Crippen molar-refractivity contribution >= 4 is 17.9 Å². The maximum absolute atomic E-state index is 12.5. The zero-order valence-corrected chi connectivity index (χ0v) is 15.5. The normalized spacial score (nSPS) is 26.8. The summed E-state index contributed by atoms with van der Waals surface area (Å²) in [6, 6.07) is -0.0495. The fourth-order valence-electron chi connectivity index (χ4n) is 3.69. The summed E-state index contributed by atoms with van der Waals surface area (Å²) >= 11 is 0. The Balaban J connectivity index is 1.83. The summed E-state index contributed by atoms with van der Waals surface area (Å²) in [7, 11) is 0. The molecule has 142 valence electrons. The summed E-state index contributed by atoms with van der Waals surface area (Å²) in [6.07, 6.45) is 2.24. The van der Waals surface area contributed by atoms with E-state index in [0.717, 1.165) is 19.4 Å². The van der Waals surface area contributed by atoms with Gasteiger partial charge in [0.25, 0.3) is 0 Å². The van der Waals surface area contributed by atoms with Crippen LogP contribution in [0.25, 0.3) is 0 Å². The van der Waals surface area contributed by atoms with Gasteiger partial charge in [-0.3, -0.25) is 9.59 Å². The molecule has 2 aliphatic rings. The van der Waals surface area contributed by atoms with Crippen molar-refractivity contribution in [3.63, 3.8) is 0 Å². The molecule has 0 bridgehead atoms. The van der Waals surface area contributed by atoms with Gasteiger partial charge in [0.15, 0.2) is 0 Å². The number of carbonyl (C=O) groups excluding carboxylic acids is 2. The molecule has 0 spiro atoms. The standard InChI is InChI=1S/C18H31N3O4/c1-12(2)8-19-18(25)20-6-4-5-14(10-20)7-16(22)21-9-13(3)15(11-21)17(23)24/h12-15H,4-11H2,1-3H3,(H,19,25)(H,23,24)/t13-,14?,15-/m1/s1. The summed E-state index contributed by atoms with van der Waals surface area (Å²) in [5.74, 6) is -0.714. The first-order valence-corrected chi connectivity index (χ1v) is 9.31. The van der Waals surface area contributed by atoms with Crippen molar-refractivity contribution in [1.82, 2.24) is 15.1 Å². The summed E-state index contributed by atoms with van der Waals surface area (Å²) in [5.41, 5.74) is 0. The topological polar surface area (TPSA) is 90.0 Å². The second kappa shape index (κ2) is 8.54. The molecule has 2 rings (SSSR count). The Morgan fingerprint density at radius 3 is 2.48 bits per heavy atom. The number of piperidine rings is 1. The van der Waals surface area contributed by atoms with E-state index in [1.54, 1.807) is 9.80 Å². The van der Waals surface area contributed by atoms with E-state index in [0.29, 0.717) is 38.5 Å². The summed E-state index contributed by atoms with van der Waals surface area (Å²) in [6.45, 7) is 8.80. The molecule has 3 atom stereocenters.